The van der Waals surface area contributed by atoms with E-state index in [1.54, 1.807) is 6.21 Å². The average molecular weight is 450 g/mol. The second-order valence-electron chi connectivity index (χ2n) is 8.80. The van der Waals surface area contributed by atoms with Gasteiger partial charge in [0.05, 0.1) is 24.0 Å². The van der Waals surface area contributed by atoms with Crippen LogP contribution in [-0.4, -0.2) is 31.9 Å². The first-order valence-corrected chi connectivity index (χ1v) is 12.0. The highest BCUT2D eigenvalue weighted by molar-refractivity contribution is 6.05. The van der Waals surface area contributed by atoms with E-state index in [-0.39, 0.29) is 11.1 Å². The Morgan fingerprint density at radius 1 is 0.636 bits per heavy atom. The number of aromatic nitrogens is 4. The molecule has 0 amide bonds. The summed E-state index contributed by atoms with van der Waals surface area (Å²) in [6.45, 7) is 0. The number of hydrogen-bond acceptors (Lipinski definition) is 6. The van der Waals surface area contributed by atoms with Gasteiger partial charge in [0.25, 0.3) is 11.1 Å². The fraction of sp³-hybridized carbons (Fsp3) is 0.520. The average Bonchev–Trinajstić information content (AvgIpc) is 3.19. The Balaban J connectivity index is 0.000000118. The molecule has 3 heterocycles. The minimum atomic E-state index is 0.0440. The van der Waals surface area contributed by atoms with Gasteiger partial charge in [-0.1, -0.05) is 6.42 Å². The van der Waals surface area contributed by atoms with Crippen LogP contribution in [0.1, 0.15) is 80.3 Å². The van der Waals surface area contributed by atoms with E-state index in [9.17, 15) is 14.4 Å². The van der Waals surface area contributed by atoms with Crippen molar-refractivity contribution >= 4 is 12.0 Å². The number of nitrogens with one attached hydrogen (secondary N) is 2. The number of hydrogen-bond donors (Lipinski definition) is 2. The highest BCUT2D eigenvalue weighted by Crippen LogP contribution is 2.27. The number of fused-ring (bicyclic) bond motifs is 2. The maximum atomic E-state index is 11.4. The monoisotopic (exact) mass is 449 g/mol. The fourth-order valence-corrected chi connectivity index (χ4v) is 4.77. The second kappa shape index (κ2) is 11.1. The van der Waals surface area contributed by atoms with Crippen LogP contribution in [0.5, 0.6) is 0 Å². The minimum Gasteiger partial charge on any atom is -0.313 e. The lowest BCUT2D eigenvalue weighted by molar-refractivity contribution is -0.114. The number of aryl methyl sites for hydroxylation is 2. The van der Waals surface area contributed by atoms with E-state index < -0.39 is 0 Å². The van der Waals surface area contributed by atoms with Crippen molar-refractivity contribution in [3.8, 4) is 0 Å². The number of aromatic amines is 2. The van der Waals surface area contributed by atoms with E-state index in [0.29, 0.717) is 12.2 Å². The van der Waals surface area contributed by atoms with Crippen molar-refractivity contribution in [2.75, 3.05) is 0 Å². The lowest BCUT2D eigenvalue weighted by Gasteiger charge is -2.11. The van der Waals surface area contributed by atoms with E-state index in [1.807, 2.05) is 0 Å². The van der Waals surface area contributed by atoms with Crippen LogP contribution < -0.4 is 11.1 Å². The summed E-state index contributed by atoms with van der Waals surface area (Å²) < 4.78 is 0. The lowest BCUT2D eigenvalue weighted by Crippen LogP contribution is -2.19. The molecule has 174 valence electrons. The zero-order valence-electron chi connectivity index (χ0n) is 19.0. The van der Waals surface area contributed by atoms with Gasteiger partial charge in [-0.2, -0.15) is 0 Å². The molecule has 0 atom stereocenters. The molecule has 0 fully saturated rings. The molecule has 8 nitrogen and oxygen atoms in total. The Morgan fingerprint density at radius 2 is 1.21 bits per heavy atom. The summed E-state index contributed by atoms with van der Waals surface area (Å²) in [6.07, 6.45) is 18.0. The summed E-state index contributed by atoms with van der Waals surface area (Å²) in [5.74, 6) is 0.307. The van der Waals surface area contributed by atoms with Crippen molar-refractivity contribution in [1.82, 2.24) is 19.9 Å². The third kappa shape index (κ3) is 5.80. The summed E-state index contributed by atoms with van der Waals surface area (Å²) >= 11 is 0. The predicted molar refractivity (Wildman–Crippen MR) is 127 cm³/mol. The van der Waals surface area contributed by atoms with Crippen molar-refractivity contribution in [2.24, 2.45) is 4.99 Å². The van der Waals surface area contributed by atoms with Crippen LogP contribution in [0.25, 0.3) is 0 Å². The Bertz CT molecular complexity index is 1180. The highest BCUT2D eigenvalue weighted by Gasteiger charge is 2.19. The van der Waals surface area contributed by atoms with Gasteiger partial charge in [0, 0.05) is 35.0 Å². The third-order valence-corrected chi connectivity index (χ3v) is 6.56. The van der Waals surface area contributed by atoms with Gasteiger partial charge >= 0.3 is 0 Å². The maximum absolute atomic E-state index is 11.4. The number of allylic oxidation sites excluding steroid dienone is 2. The van der Waals surface area contributed by atoms with Gasteiger partial charge in [0.1, 0.15) is 0 Å². The Hall–Kier alpha value is -3.16. The van der Waals surface area contributed by atoms with Crippen LogP contribution in [0.3, 0.4) is 0 Å². The number of carbonyl (C=O) groups excluding carboxylic acids is 1. The Morgan fingerprint density at radius 3 is 1.91 bits per heavy atom. The van der Waals surface area contributed by atoms with Crippen molar-refractivity contribution in [1.29, 1.82) is 0 Å². The summed E-state index contributed by atoms with van der Waals surface area (Å²) in [4.78, 5) is 51.3. The first kappa shape index (κ1) is 23.0. The molecule has 0 radical (unpaired) electrons. The molecule has 0 spiro atoms. The molecule has 1 aliphatic heterocycles. The van der Waals surface area contributed by atoms with Gasteiger partial charge in [-0.3, -0.25) is 19.4 Å². The number of H-pyrrole nitrogens is 2. The molecule has 2 N–H and O–H groups in total. The van der Waals surface area contributed by atoms with E-state index in [1.165, 1.54) is 38.3 Å². The number of ketones is 1. The number of nitrogens with zero attached hydrogens (tertiary/aromatic N) is 3. The molecular formula is C25H31N5O3. The summed E-state index contributed by atoms with van der Waals surface area (Å²) in [5.41, 5.74) is 5.97. The fourth-order valence-electron chi connectivity index (χ4n) is 4.77. The van der Waals surface area contributed by atoms with Gasteiger partial charge in [0.2, 0.25) is 0 Å². The zero-order chi connectivity index (χ0) is 23.0. The minimum absolute atomic E-state index is 0.0440. The van der Waals surface area contributed by atoms with E-state index in [0.717, 1.165) is 85.2 Å². The molecule has 2 aromatic heterocycles. The molecule has 0 bridgehead atoms. The lowest BCUT2D eigenvalue weighted by atomic mass is 9.97. The first-order valence-electron chi connectivity index (χ1n) is 12.0. The molecule has 0 aromatic carbocycles. The molecule has 0 saturated carbocycles. The van der Waals surface area contributed by atoms with Gasteiger partial charge in [-0.15, -0.1) is 0 Å². The van der Waals surface area contributed by atoms with Gasteiger partial charge in [-0.05, 0) is 70.6 Å². The Labute approximate surface area is 192 Å². The number of carbonyl (C=O) groups is 1. The van der Waals surface area contributed by atoms with Crippen LogP contribution in [0.2, 0.25) is 0 Å². The highest BCUT2D eigenvalue weighted by atomic mass is 16.1. The van der Waals surface area contributed by atoms with Crippen molar-refractivity contribution in [3.63, 3.8) is 0 Å². The largest absolute Gasteiger partial charge is 0.313 e. The van der Waals surface area contributed by atoms with Crippen LogP contribution in [-0.2, 0) is 30.5 Å². The van der Waals surface area contributed by atoms with Crippen LogP contribution in [0.4, 0.5) is 0 Å². The molecule has 33 heavy (non-hydrogen) atoms. The normalized spacial score (nSPS) is 18.6. The van der Waals surface area contributed by atoms with Crippen LogP contribution in [0.15, 0.2) is 38.5 Å². The predicted octanol–water partition coefficient (Wildman–Crippen LogP) is 3.16. The van der Waals surface area contributed by atoms with E-state index >= 15 is 0 Å². The summed E-state index contributed by atoms with van der Waals surface area (Å²) in [5, 5.41) is 0. The van der Waals surface area contributed by atoms with Gasteiger partial charge in [0.15, 0.2) is 5.78 Å². The molecule has 0 saturated heterocycles. The smallest absolute Gasteiger partial charge is 0.254 e. The summed E-state index contributed by atoms with van der Waals surface area (Å²) in [6, 6.07) is 0. The van der Waals surface area contributed by atoms with Crippen molar-refractivity contribution < 1.29 is 4.79 Å². The molecule has 6 rings (SSSR count). The van der Waals surface area contributed by atoms with Crippen molar-refractivity contribution in [3.05, 3.63) is 67.1 Å². The van der Waals surface area contributed by atoms with Gasteiger partial charge < -0.3 is 9.97 Å². The molecule has 8 heteroatoms. The third-order valence-electron chi connectivity index (χ3n) is 6.56. The number of aliphatic imine (C=N–C) groups is 1. The zero-order valence-corrected chi connectivity index (χ0v) is 19.0. The quantitative estimate of drug-likeness (QED) is 0.640. The second-order valence-corrected chi connectivity index (χ2v) is 8.80. The number of Topliss-reactive ketones (excluding diaryl/α,β-unsaturated/α-hetero) is 1. The first-order chi connectivity index (χ1) is 16.1. The Kier molecular flexibility index (Phi) is 7.75. The van der Waals surface area contributed by atoms with Gasteiger partial charge in [-0.25, -0.2) is 9.97 Å². The van der Waals surface area contributed by atoms with E-state index in [4.69, 9.17) is 0 Å². The standard InChI is InChI=1S/C10H13NO.C8H10N2O.C7H8N2O/c12-10-6-7-11-9-5-3-1-2-4-8(9)10;11-8-6-3-1-2-4-7(6)9-5-10-8;10-7-5-2-1-3-6(5)8-4-9-7/h7H,1-6H2;5H,1-4H2,(H,9,10,11);4H,1-3H2,(H,8,9,10). The topological polar surface area (TPSA) is 121 Å². The SMILES string of the molecule is O=C1CC=NC2=C1CCCCC2.O=c1[nH]cnc2c1CCC2.O=c1[nH]cnc2c1CCCC2. The molecular weight excluding hydrogens is 418 g/mol. The molecule has 2 aromatic rings. The van der Waals surface area contributed by atoms with Crippen LogP contribution >= 0.6 is 0 Å². The summed E-state index contributed by atoms with van der Waals surface area (Å²) in [7, 11) is 0. The number of rotatable bonds is 0. The van der Waals surface area contributed by atoms with Crippen LogP contribution in [0, 0.1) is 0 Å². The molecule has 0 unspecified atom stereocenters. The van der Waals surface area contributed by atoms with E-state index in [2.05, 4.69) is 24.9 Å². The molecule has 4 aliphatic rings. The van der Waals surface area contributed by atoms with Crippen molar-refractivity contribution in [2.45, 2.75) is 83.5 Å². The maximum Gasteiger partial charge on any atom is 0.254 e. The molecule has 3 aliphatic carbocycles.